The highest BCUT2D eigenvalue weighted by Crippen LogP contribution is 2.26. The number of aromatic nitrogens is 1. The first kappa shape index (κ1) is 20.8. The van der Waals surface area contributed by atoms with E-state index in [1.807, 2.05) is 13.8 Å². The molecule has 1 unspecified atom stereocenters. The first-order valence-corrected chi connectivity index (χ1v) is 11.2. The number of rotatable bonds is 6. The van der Waals surface area contributed by atoms with E-state index < -0.39 is 15.3 Å². The lowest BCUT2D eigenvalue weighted by atomic mass is 10.3. The van der Waals surface area contributed by atoms with Crippen molar-refractivity contribution in [1.29, 1.82) is 0 Å². The number of hydrogen-bond acceptors (Lipinski definition) is 7. The van der Waals surface area contributed by atoms with Crippen molar-refractivity contribution >= 4 is 33.4 Å². The fourth-order valence-electron chi connectivity index (χ4n) is 2.59. The van der Waals surface area contributed by atoms with E-state index in [4.69, 9.17) is 9.15 Å². The number of anilines is 1. The summed E-state index contributed by atoms with van der Waals surface area (Å²) in [7, 11) is -3.55. The van der Waals surface area contributed by atoms with Crippen molar-refractivity contribution in [3.8, 4) is 0 Å². The molecule has 1 aliphatic rings. The van der Waals surface area contributed by atoms with Crippen LogP contribution in [0.5, 0.6) is 0 Å². The second kappa shape index (κ2) is 8.64. The van der Waals surface area contributed by atoms with Gasteiger partial charge in [-0.25, -0.2) is 13.4 Å². The number of sulfonamides is 1. The Hall–Kier alpha value is -1.88. The Morgan fingerprint density at radius 2 is 1.86 bits per heavy atom. The van der Waals surface area contributed by atoms with Gasteiger partial charge in [-0.15, -0.1) is 0 Å². The monoisotopic (exact) mass is 425 g/mol. The Morgan fingerprint density at radius 3 is 2.43 bits per heavy atom. The van der Waals surface area contributed by atoms with Gasteiger partial charge in [-0.2, -0.15) is 4.31 Å². The van der Waals surface area contributed by atoms with Gasteiger partial charge in [0.2, 0.25) is 15.9 Å². The number of carbonyl (C=O) groups excluding carboxylic acids is 1. The Morgan fingerprint density at radius 1 is 1.21 bits per heavy atom. The number of nitrogens with zero attached hydrogens (tertiary/aromatic N) is 2. The van der Waals surface area contributed by atoms with Gasteiger partial charge in [0, 0.05) is 18.8 Å². The summed E-state index contributed by atoms with van der Waals surface area (Å²) >= 11 is 1.23. The number of benzene rings is 1. The molecule has 0 saturated carbocycles. The van der Waals surface area contributed by atoms with Crippen LogP contribution in [0.15, 0.2) is 38.8 Å². The molecule has 1 atom stereocenters. The quantitative estimate of drug-likeness (QED) is 0.709. The third-order valence-corrected chi connectivity index (χ3v) is 7.24. The van der Waals surface area contributed by atoms with Gasteiger partial charge in [-0.3, -0.25) is 4.79 Å². The molecule has 28 heavy (non-hydrogen) atoms. The van der Waals surface area contributed by atoms with Crippen LogP contribution < -0.4 is 5.32 Å². The Labute approximate surface area is 168 Å². The van der Waals surface area contributed by atoms with E-state index in [-0.39, 0.29) is 10.8 Å². The van der Waals surface area contributed by atoms with E-state index in [9.17, 15) is 13.2 Å². The highest BCUT2D eigenvalue weighted by molar-refractivity contribution is 8.00. The minimum Gasteiger partial charge on any atom is -0.437 e. The third-order valence-electron chi connectivity index (χ3n) is 4.39. The first-order valence-electron chi connectivity index (χ1n) is 8.87. The highest BCUT2D eigenvalue weighted by Gasteiger charge is 2.26. The van der Waals surface area contributed by atoms with Gasteiger partial charge in [0.1, 0.15) is 5.76 Å². The van der Waals surface area contributed by atoms with Crippen LogP contribution >= 0.6 is 11.8 Å². The molecule has 8 nitrogen and oxygen atoms in total. The fourth-order valence-corrected chi connectivity index (χ4v) is 4.83. The number of morpholine rings is 1. The number of carbonyl (C=O) groups is 1. The van der Waals surface area contributed by atoms with Crippen molar-refractivity contribution in [2.45, 2.75) is 36.1 Å². The molecule has 1 N–H and O–H groups in total. The van der Waals surface area contributed by atoms with E-state index in [1.165, 1.54) is 28.2 Å². The Kier molecular flexibility index (Phi) is 6.43. The molecule has 2 heterocycles. The lowest BCUT2D eigenvalue weighted by molar-refractivity contribution is -0.115. The van der Waals surface area contributed by atoms with Crippen molar-refractivity contribution in [3.05, 3.63) is 35.7 Å². The summed E-state index contributed by atoms with van der Waals surface area (Å²) < 4.78 is 37.3. The van der Waals surface area contributed by atoms with Gasteiger partial charge in [-0.1, -0.05) is 11.8 Å². The molecular weight excluding hydrogens is 402 g/mol. The minimum absolute atomic E-state index is 0.195. The number of ether oxygens (including phenoxy) is 1. The average Bonchev–Trinajstić information content (AvgIpc) is 3.00. The number of thioether (sulfide) groups is 1. The number of amides is 1. The molecule has 10 heteroatoms. The molecular formula is C18H23N3O5S2. The second-order valence-electron chi connectivity index (χ2n) is 6.41. The Bertz CT molecular complexity index is 915. The summed E-state index contributed by atoms with van der Waals surface area (Å²) in [5.74, 6) is 0.509. The summed E-state index contributed by atoms with van der Waals surface area (Å²) in [4.78, 5) is 16.8. The van der Waals surface area contributed by atoms with Crippen LogP contribution in [0.25, 0.3) is 0 Å². The van der Waals surface area contributed by atoms with Gasteiger partial charge in [0.15, 0.2) is 0 Å². The van der Waals surface area contributed by atoms with E-state index in [0.717, 1.165) is 11.5 Å². The van der Waals surface area contributed by atoms with Gasteiger partial charge in [-0.05, 0) is 45.0 Å². The molecule has 1 amide bonds. The molecule has 1 aromatic heterocycles. The van der Waals surface area contributed by atoms with Crippen molar-refractivity contribution < 1.29 is 22.4 Å². The topological polar surface area (TPSA) is 102 Å². The third kappa shape index (κ3) is 4.75. The maximum Gasteiger partial charge on any atom is 0.256 e. The number of hydrogen-bond donors (Lipinski definition) is 1. The predicted molar refractivity (Wildman–Crippen MR) is 106 cm³/mol. The summed E-state index contributed by atoms with van der Waals surface area (Å²) in [5, 5.41) is 2.81. The van der Waals surface area contributed by atoms with Crippen LogP contribution in [0.2, 0.25) is 0 Å². The molecule has 1 saturated heterocycles. The molecule has 152 valence electrons. The van der Waals surface area contributed by atoms with Crippen molar-refractivity contribution in [3.63, 3.8) is 0 Å². The van der Waals surface area contributed by atoms with Crippen LogP contribution in [0.1, 0.15) is 18.4 Å². The van der Waals surface area contributed by atoms with E-state index >= 15 is 0 Å². The van der Waals surface area contributed by atoms with Crippen molar-refractivity contribution in [1.82, 2.24) is 9.29 Å². The van der Waals surface area contributed by atoms with Crippen LogP contribution in [0.3, 0.4) is 0 Å². The van der Waals surface area contributed by atoms with Gasteiger partial charge < -0.3 is 14.5 Å². The predicted octanol–water partition coefficient (Wildman–Crippen LogP) is 2.43. The smallest absolute Gasteiger partial charge is 0.256 e. The van der Waals surface area contributed by atoms with E-state index in [0.29, 0.717) is 37.2 Å². The maximum absolute atomic E-state index is 12.6. The molecule has 0 spiro atoms. The molecule has 0 aliphatic carbocycles. The van der Waals surface area contributed by atoms with Crippen LogP contribution in [0.4, 0.5) is 5.69 Å². The lowest BCUT2D eigenvalue weighted by Crippen LogP contribution is -2.40. The molecule has 1 fully saturated rings. The summed E-state index contributed by atoms with van der Waals surface area (Å²) in [6.07, 6.45) is 0. The van der Waals surface area contributed by atoms with Crippen LogP contribution in [-0.2, 0) is 19.6 Å². The molecule has 1 aliphatic heterocycles. The number of aryl methyl sites for hydroxylation is 2. The summed E-state index contributed by atoms with van der Waals surface area (Å²) in [6, 6.07) is 6.17. The second-order valence-corrected chi connectivity index (χ2v) is 9.64. The average molecular weight is 426 g/mol. The Balaban J connectivity index is 1.62. The van der Waals surface area contributed by atoms with Crippen LogP contribution in [0, 0.1) is 13.8 Å². The molecule has 0 radical (unpaired) electrons. The SMILES string of the molecule is Cc1nc(SC(C)C(=O)Nc2ccc(S(=O)(=O)N3CCOCC3)cc2)oc1C. The zero-order valence-corrected chi connectivity index (χ0v) is 17.6. The van der Waals surface area contributed by atoms with Gasteiger partial charge in [0.05, 0.1) is 29.1 Å². The molecule has 2 aromatic rings. The molecule has 1 aromatic carbocycles. The lowest BCUT2D eigenvalue weighted by Gasteiger charge is -2.26. The zero-order valence-electron chi connectivity index (χ0n) is 16.0. The van der Waals surface area contributed by atoms with Crippen molar-refractivity contribution in [2.24, 2.45) is 0 Å². The number of nitrogens with one attached hydrogen (secondary N) is 1. The first-order chi connectivity index (χ1) is 13.3. The van der Waals surface area contributed by atoms with Crippen molar-refractivity contribution in [2.75, 3.05) is 31.6 Å². The van der Waals surface area contributed by atoms with E-state index in [1.54, 1.807) is 19.1 Å². The summed E-state index contributed by atoms with van der Waals surface area (Å²) in [5.41, 5.74) is 1.32. The number of oxazole rings is 1. The maximum atomic E-state index is 12.6. The van der Waals surface area contributed by atoms with Gasteiger partial charge in [0.25, 0.3) is 5.22 Å². The van der Waals surface area contributed by atoms with E-state index in [2.05, 4.69) is 10.3 Å². The van der Waals surface area contributed by atoms with Crippen LogP contribution in [-0.4, -0.2) is 55.2 Å². The fraction of sp³-hybridized carbons (Fsp3) is 0.444. The highest BCUT2D eigenvalue weighted by atomic mass is 32.2. The molecule has 3 rings (SSSR count). The summed E-state index contributed by atoms with van der Waals surface area (Å²) in [6.45, 7) is 6.90. The standard InChI is InChI=1S/C18H23N3O5S2/c1-12-13(2)26-18(19-12)27-14(3)17(22)20-15-4-6-16(7-5-15)28(23,24)21-8-10-25-11-9-21/h4-7,14H,8-11H2,1-3H3,(H,20,22). The largest absolute Gasteiger partial charge is 0.437 e. The normalized spacial score (nSPS) is 16.7. The van der Waals surface area contributed by atoms with Gasteiger partial charge >= 0.3 is 0 Å². The zero-order chi connectivity index (χ0) is 20.3. The molecule has 0 bridgehead atoms. The minimum atomic E-state index is -3.55.